The number of pyridine rings is 2. The molecular formula is C21H19N5O. The van der Waals surface area contributed by atoms with Crippen molar-refractivity contribution in [1.82, 2.24) is 19.7 Å². The summed E-state index contributed by atoms with van der Waals surface area (Å²) in [5, 5.41) is 8.27. The zero-order valence-electron chi connectivity index (χ0n) is 15.0. The second-order valence-electron chi connectivity index (χ2n) is 6.96. The number of fused-ring (bicyclic) bond motifs is 1. The van der Waals surface area contributed by atoms with Crippen LogP contribution in [-0.4, -0.2) is 25.5 Å². The predicted molar refractivity (Wildman–Crippen MR) is 102 cm³/mol. The van der Waals surface area contributed by atoms with E-state index in [4.69, 9.17) is 5.10 Å². The fourth-order valence-corrected chi connectivity index (χ4v) is 4.15. The van der Waals surface area contributed by atoms with Gasteiger partial charge in [-0.25, -0.2) is 4.98 Å². The maximum atomic E-state index is 12.9. The Hall–Kier alpha value is -3.28. The van der Waals surface area contributed by atoms with Gasteiger partial charge in [0.1, 0.15) is 5.82 Å². The lowest BCUT2D eigenvalue weighted by molar-refractivity contribution is -0.116. The number of carbonyl (C=O) groups excluding carboxylic acids is 1. The van der Waals surface area contributed by atoms with Gasteiger partial charge in [-0.2, -0.15) is 9.78 Å². The van der Waals surface area contributed by atoms with E-state index in [0.717, 1.165) is 52.6 Å². The van der Waals surface area contributed by atoms with E-state index in [0.29, 0.717) is 6.42 Å². The molecule has 0 amide bonds. The molecule has 4 heterocycles. The molecule has 0 aromatic carbocycles. The Bertz CT molecular complexity index is 1050. The molecule has 5 rings (SSSR count). The number of Topliss-reactive ketones (excluding diaryl/α,β-unsaturated/α-hetero) is 1. The SMILES string of the molecule is Cc1nn(-c2ccccn2)c2c1C(c1cccnc1)C1=C(CCCC1=O)N2. The Morgan fingerprint density at radius 3 is 2.85 bits per heavy atom. The standard InChI is InChI=1S/C21H19N5O/c1-13-18-19(14-6-5-10-22-12-14)20-15(7-4-8-16(20)27)24-21(18)26(25-13)17-9-2-3-11-23-17/h2-3,5-6,9-12,19,24H,4,7-8H2,1H3. The van der Waals surface area contributed by atoms with Gasteiger partial charge in [0.2, 0.25) is 0 Å². The molecule has 0 saturated heterocycles. The molecule has 2 aliphatic rings. The average molecular weight is 357 g/mol. The molecule has 3 aromatic rings. The number of nitrogens with zero attached hydrogens (tertiary/aromatic N) is 4. The molecule has 1 N–H and O–H groups in total. The molecule has 0 fully saturated rings. The summed E-state index contributed by atoms with van der Waals surface area (Å²) in [6, 6.07) is 9.73. The van der Waals surface area contributed by atoms with Gasteiger partial charge < -0.3 is 5.32 Å². The first-order valence-electron chi connectivity index (χ1n) is 9.18. The maximum Gasteiger partial charge on any atom is 0.161 e. The molecule has 0 radical (unpaired) electrons. The molecular weight excluding hydrogens is 338 g/mol. The number of hydrogen-bond acceptors (Lipinski definition) is 5. The summed E-state index contributed by atoms with van der Waals surface area (Å²) in [4.78, 5) is 21.6. The third-order valence-corrected chi connectivity index (χ3v) is 5.29. The van der Waals surface area contributed by atoms with Gasteiger partial charge in [-0.3, -0.25) is 9.78 Å². The predicted octanol–water partition coefficient (Wildman–Crippen LogP) is 3.54. The first-order chi connectivity index (χ1) is 13.2. The second kappa shape index (κ2) is 6.16. The minimum atomic E-state index is -0.143. The van der Waals surface area contributed by atoms with Crippen LogP contribution in [0.4, 0.5) is 5.82 Å². The third kappa shape index (κ3) is 2.48. The Kier molecular flexibility index (Phi) is 3.63. The molecule has 3 aromatic heterocycles. The van der Waals surface area contributed by atoms with Gasteiger partial charge in [0.05, 0.1) is 5.69 Å². The maximum absolute atomic E-state index is 12.9. The normalized spacial score (nSPS) is 18.7. The van der Waals surface area contributed by atoms with Crippen LogP contribution >= 0.6 is 0 Å². The van der Waals surface area contributed by atoms with E-state index >= 15 is 0 Å². The lowest BCUT2D eigenvalue weighted by atomic mass is 9.76. The van der Waals surface area contributed by atoms with Crippen molar-refractivity contribution in [3.63, 3.8) is 0 Å². The van der Waals surface area contributed by atoms with Gasteiger partial charge >= 0.3 is 0 Å². The van der Waals surface area contributed by atoms with Crippen LogP contribution in [0.15, 0.2) is 60.2 Å². The molecule has 27 heavy (non-hydrogen) atoms. The Morgan fingerprint density at radius 1 is 1.15 bits per heavy atom. The van der Waals surface area contributed by atoms with Crippen LogP contribution in [0, 0.1) is 6.92 Å². The first kappa shape index (κ1) is 15.9. The highest BCUT2D eigenvalue weighted by Gasteiger charge is 2.38. The Balaban J connectivity index is 1.76. The van der Waals surface area contributed by atoms with Crippen LogP contribution in [0.1, 0.15) is 42.0 Å². The monoisotopic (exact) mass is 357 g/mol. The van der Waals surface area contributed by atoms with Gasteiger partial charge in [-0.05, 0) is 43.5 Å². The van der Waals surface area contributed by atoms with Crippen molar-refractivity contribution < 1.29 is 4.79 Å². The summed E-state index contributed by atoms with van der Waals surface area (Å²) in [6.07, 6.45) is 7.70. The van der Waals surface area contributed by atoms with Gasteiger partial charge in [-0.15, -0.1) is 0 Å². The van der Waals surface area contributed by atoms with Gasteiger partial charge in [0.15, 0.2) is 11.6 Å². The summed E-state index contributed by atoms with van der Waals surface area (Å²) in [6.45, 7) is 1.99. The molecule has 1 aliphatic carbocycles. The number of aromatic nitrogens is 4. The van der Waals surface area contributed by atoms with Crippen molar-refractivity contribution in [2.75, 3.05) is 5.32 Å². The molecule has 1 aliphatic heterocycles. The summed E-state index contributed by atoms with van der Waals surface area (Å²) < 4.78 is 1.84. The van der Waals surface area contributed by atoms with Crippen molar-refractivity contribution in [1.29, 1.82) is 0 Å². The minimum absolute atomic E-state index is 0.143. The smallest absolute Gasteiger partial charge is 0.161 e. The summed E-state index contributed by atoms with van der Waals surface area (Å²) in [5.41, 5.74) is 4.81. The van der Waals surface area contributed by atoms with Gasteiger partial charge in [0, 0.05) is 47.8 Å². The van der Waals surface area contributed by atoms with Crippen LogP contribution in [0.3, 0.4) is 0 Å². The van der Waals surface area contributed by atoms with E-state index in [2.05, 4.69) is 15.3 Å². The van der Waals surface area contributed by atoms with Crippen LogP contribution in [0.2, 0.25) is 0 Å². The van der Waals surface area contributed by atoms with Crippen molar-refractivity contribution in [2.45, 2.75) is 32.1 Å². The van der Waals surface area contributed by atoms with E-state index in [1.54, 1.807) is 12.4 Å². The quantitative estimate of drug-likeness (QED) is 0.759. The van der Waals surface area contributed by atoms with Crippen LogP contribution in [0.5, 0.6) is 0 Å². The van der Waals surface area contributed by atoms with Crippen LogP contribution in [0.25, 0.3) is 5.82 Å². The first-order valence-corrected chi connectivity index (χ1v) is 9.18. The number of ketones is 1. The summed E-state index contributed by atoms with van der Waals surface area (Å²) in [7, 11) is 0. The Labute approximate surface area is 157 Å². The topological polar surface area (TPSA) is 72.7 Å². The molecule has 0 saturated carbocycles. The zero-order chi connectivity index (χ0) is 18.4. The lowest BCUT2D eigenvalue weighted by Crippen LogP contribution is -2.27. The number of carbonyl (C=O) groups is 1. The molecule has 1 atom stereocenters. The van der Waals surface area contributed by atoms with Gasteiger partial charge in [0.25, 0.3) is 0 Å². The molecule has 0 spiro atoms. The number of aryl methyl sites for hydroxylation is 1. The van der Waals surface area contributed by atoms with Gasteiger partial charge in [-0.1, -0.05) is 12.1 Å². The molecule has 0 bridgehead atoms. The summed E-state index contributed by atoms with van der Waals surface area (Å²) in [5.74, 6) is 1.72. The number of hydrogen-bond donors (Lipinski definition) is 1. The summed E-state index contributed by atoms with van der Waals surface area (Å²) >= 11 is 0. The second-order valence-corrected chi connectivity index (χ2v) is 6.96. The van der Waals surface area contributed by atoms with E-state index in [1.807, 2.05) is 48.1 Å². The molecule has 6 heteroatoms. The van der Waals surface area contributed by atoms with Crippen molar-refractivity contribution in [3.8, 4) is 5.82 Å². The molecule has 134 valence electrons. The zero-order valence-corrected chi connectivity index (χ0v) is 15.0. The van der Waals surface area contributed by atoms with E-state index in [-0.39, 0.29) is 11.7 Å². The average Bonchev–Trinajstić information content (AvgIpc) is 3.04. The highest BCUT2D eigenvalue weighted by molar-refractivity contribution is 6.01. The largest absolute Gasteiger partial charge is 0.343 e. The lowest BCUT2D eigenvalue weighted by Gasteiger charge is -2.32. The van der Waals surface area contributed by atoms with Crippen LogP contribution in [-0.2, 0) is 4.79 Å². The molecule has 6 nitrogen and oxygen atoms in total. The number of rotatable bonds is 2. The van der Waals surface area contributed by atoms with Crippen molar-refractivity contribution in [3.05, 3.63) is 77.0 Å². The Morgan fingerprint density at radius 2 is 2.07 bits per heavy atom. The fraction of sp³-hybridized carbons (Fsp3) is 0.238. The van der Waals surface area contributed by atoms with Crippen molar-refractivity contribution in [2.24, 2.45) is 0 Å². The molecule has 1 unspecified atom stereocenters. The minimum Gasteiger partial charge on any atom is -0.343 e. The van der Waals surface area contributed by atoms with E-state index in [9.17, 15) is 4.79 Å². The third-order valence-electron chi connectivity index (χ3n) is 5.29. The van der Waals surface area contributed by atoms with Crippen LogP contribution < -0.4 is 5.32 Å². The number of nitrogens with one attached hydrogen (secondary N) is 1. The highest BCUT2D eigenvalue weighted by Crippen LogP contribution is 2.46. The number of allylic oxidation sites excluding steroid dienone is 2. The number of anilines is 1. The van der Waals surface area contributed by atoms with Crippen molar-refractivity contribution >= 4 is 11.6 Å². The van der Waals surface area contributed by atoms with E-state index < -0.39 is 0 Å². The van der Waals surface area contributed by atoms with E-state index in [1.165, 1.54) is 0 Å². The highest BCUT2D eigenvalue weighted by atomic mass is 16.1. The fourth-order valence-electron chi connectivity index (χ4n) is 4.15.